The minimum Gasteiger partial charge on any atom is -0.308 e. The van der Waals surface area contributed by atoms with Crippen LogP contribution in [-0.2, 0) is 12.4 Å². The molecule has 0 atom stereocenters. The van der Waals surface area contributed by atoms with Gasteiger partial charge in [0.05, 0.1) is 62.5 Å². The number of aromatic nitrogens is 3. The molecule has 0 amide bonds. The Hall–Kier alpha value is -9.58. The summed E-state index contributed by atoms with van der Waals surface area (Å²) in [5.41, 5.74) is 9.42. The molecule has 0 bridgehead atoms. The summed E-state index contributed by atoms with van der Waals surface area (Å²) in [5, 5.41) is 20.7. The zero-order chi connectivity index (χ0) is 50.4. The van der Waals surface area contributed by atoms with Crippen LogP contribution >= 0.6 is 0 Å². The van der Waals surface area contributed by atoms with E-state index in [1.807, 2.05) is 144 Å². The van der Waals surface area contributed by atoms with Gasteiger partial charge in [0.1, 0.15) is 0 Å². The van der Waals surface area contributed by atoms with E-state index in [0.29, 0.717) is 67.1 Å². The first-order valence-electron chi connectivity index (χ1n) is 23.0. The molecule has 11 heteroatoms. The van der Waals surface area contributed by atoms with E-state index in [2.05, 4.69) is 12.1 Å². The van der Waals surface area contributed by atoms with Crippen molar-refractivity contribution in [3.05, 3.63) is 235 Å². The highest BCUT2D eigenvalue weighted by Gasteiger charge is 2.32. The third-order valence-electron chi connectivity index (χ3n) is 13.0. The molecule has 0 aliphatic heterocycles. The van der Waals surface area contributed by atoms with Crippen LogP contribution < -0.4 is 0 Å². The Balaban J connectivity index is 1.26. The fourth-order valence-corrected chi connectivity index (χ4v) is 9.31. The van der Waals surface area contributed by atoms with Crippen molar-refractivity contribution in [2.75, 3.05) is 0 Å². The Labute approximate surface area is 414 Å². The summed E-state index contributed by atoms with van der Waals surface area (Å²) in [6.07, 6.45) is -9.28. The Morgan fingerprint density at radius 1 is 0.356 bits per heavy atom. The fraction of sp³-hybridized carbons (Fsp3) is 0.0323. The van der Waals surface area contributed by atoms with Crippen LogP contribution in [0.4, 0.5) is 26.3 Å². The summed E-state index contributed by atoms with van der Waals surface area (Å²) in [5.74, 6) is 0.273. The average Bonchev–Trinajstić information content (AvgIpc) is 3.75. The van der Waals surface area contributed by atoms with Gasteiger partial charge in [-0.25, -0.2) is 9.97 Å². The molecule has 9 aromatic carbocycles. The third kappa shape index (κ3) is 8.85. The number of alkyl halides is 6. The van der Waals surface area contributed by atoms with Gasteiger partial charge in [-0.05, 0) is 124 Å². The molecule has 350 valence electrons. The molecule has 0 saturated heterocycles. The molecule has 0 radical (unpaired) electrons. The molecule has 0 fully saturated rings. The van der Waals surface area contributed by atoms with Crippen LogP contribution in [0.5, 0.6) is 0 Å². The number of halogens is 6. The lowest BCUT2D eigenvalue weighted by molar-refractivity contribution is -0.138. The van der Waals surface area contributed by atoms with Crippen LogP contribution in [0.2, 0.25) is 0 Å². The number of benzene rings is 9. The lowest BCUT2D eigenvalue weighted by atomic mass is 9.91. The fourth-order valence-electron chi connectivity index (χ4n) is 9.31. The summed E-state index contributed by atoms with van der Waals surface area (Å²) >= 11 is 0. The average molecular weight is 964 g/mol. The molecule has 5 nitrogen and oxygen atoms in total. The van der Waals surface area contributed by atoms with Gasteiger partial charge in [0.2, 0.25) is 0 Å². The summed E-state index contributed by atoms with van der Waals surface area (Å²) < 4.78 is 87.7. The SMILES string of the molecule is N#Cc1ccc(-c2ccc3c(c2)c2cc(-c4ccc(C#N)cc4)ccc2n3-c2c(-c3ccc(C(F)(F)F)cc3)cc(-c3nc(-c4ccccc4)cc(-c4ccccc4)n3)cc2-c2ccc(C(F)(F)F)cc2)cc1. The van der Waals surface area contributed by atoms with Crippen LogP contribution in [-0.4, -0.2) is 14.5 Å². The summed E-state index contributed by atoms with van der Waals surface area (Å²) in [6, 6.07) is 64.9. The zero-order valence-electron chi connectivity index (χ0n) is 38.2. The second-order valence-corrected chi connectivity index (χ2v) is 17.4. The number of nitriles is 2. The highest BCUT2D eigenvalue weighted by atomic mass is 19.4. The maximum atomic E-state index is 14.3. The van der Waals surface area contributed by atoms with Crippen molar-refractivity contribution in [2.45, 2.75) is 12.4 Å². The highest BCUT2D eigenvalue weighted by molar-refractivity contribution is 6.13. The topological polar surface area (TPSA) is 78.3 Å². The van der Waals surface area contributed by atoms with E-state index in [1.165, 1.54) is 24.3 Å². The van der Waals surface area contributed by atoms with Crippen LogP contribution in [0.15, 0.2) is 212 Å². The second-order valence-electron chi connectivity index (χ2n) is 17.4. The van der Waals surface area contributed by atoms with E-state index in [4.69, 9.17) is 9.97 Å². The van der Waals surface area contributed by atoms with Gasteiger partial charge in [-0.15, -0.1) is 0 Å². The standard InChI is InChI=1S/C62H35F6N5/c63-61(64,65)49-25-19-42(20-26-49)51-33-48(60-71-55(44-7-3-1-4-8-44)35-56(72-60)45-9-5-2-6-10-45)34-52(43-21-27-50(28-22-43)62(66,67)68)59(51)73-57-29-23-46(40-15-11-38(36-69)12-16-40)31-53(57)54-32-47(24-30-58(54)73)41-17-13-39(37-70)14-18-41/h1-35H. The highest BCUT2D eigenvalue weighted by Crippen LogP contribution is 2.46. The maximum absolute atomic E-state index is 14.3. The normalized spacial score (nSPS) is 11.7. The summed E-state index contributed by atoms with van der Waals surface area (Å²) in [6.45, 7) is 0. The molecular weight excluding hydrogens is 929 g/mol. The van der Waals surface area contributed by atoms with Gasteiger partial charge in [-0.2, -0.15) is 36.9 Å². The van der Waals surface area contributed by atoms with Crippen molar-refractivity contribution in [3.8, 4) is 96.2 Å². The van der Waals surface area contributed by atoms with Crippen LogP contribution in [0.3, 0.4) is 0 Å². The minimum absolute atomic E-state index is 0.273. The van der Waals surface area contributed by atoms with E-state index in [1.54, 1.807) is 24.3 Å². The number of hydrogen-bond acceptors (Lipinski definition) is 4. The Morgan fingerprint density at radius 2 is 0.726 bits per heavy atom. The Morgan fingerprint density at radius 3 is 1.10 bits per heavy atom. The van der Waals surface area contributed by atoms with Crippen LogP contribution in [0, 0.1) is 22.7 Å². The predicted molar refractivity (Wildman–Crippen MR) is 274 cm³/mol. The number of rotatable bonds is 8. The number of nitrogens with zero attached hydrogens (tertiary/aromatic N) is 5. The smallest absolute Gasteiger partial charge is 0.308 e. The number of fused-ring (bicyclic) bond motifs is 3. The molecule has 0 aliphatic carbocycles. The predicted octanol–water partition coefficient (Wildman–Crippen LogP) is 17.0. The van der Waals surface area contributed by atoms with Crippen LogP contribution in [0.25, 0.3) is 106 Å². The van der Waals surface area contributed by atoms with Gasteiger partial charge in [0.15, 0.2) is 5.82 Å². The largest absolute Gasteiger partial charge is 0.416 e. The van der Waals surface area contributed by atoms with Crippen molar-refractivity contribution < 1.29 is 26.3 Å². The second kappa shape index (κ2) is 18.3. The summed E-state index contributed by atoms with van der Waals surface area (Å²) in [4.78, 5) is 10.2. The van der Waals surface area contributed by atoms with Gasteiger partial charge < -0.3 is 4.57 Å². The van der Waals surface area contributed by atoms with Gasteiger partial charge >= 0.3 is 12.4 Å². The van der Waals surface area contributed by atoms with Crippen molar-refractivity contribution >= 4 is 21.8 Å². The van der Waals surface area contributed by atoms with E-state index in [-0.39, 0.29) is 5.82 Å². The Bertz CT molecular complexity index is 3710. The van der Waals surface area contributed by atoms with Gasteiger partial charge in [0, 0.05) is 38.6 Å². The first-order chi connectivity index (χ1) is 35.3. The molecule has 11 aromatic rings. The minimum atomic E-state index is -4.64. The molecule has 73 heavy (non-hydrogen) atoms. The van der Waals surface area contributed by atoms with Crippen LogP contribution in [0.1, 0.15) is 22.3 Å². The van der Waals surface area contributed by atoms with Crippen molar-refractivity contribution in [3.63, 3.8) is 0 Å². The Kier molecular flexibility index (Phi) is 11.5. The third-order valence-corrected chi connectivity index (χ3v) is 13.0. The van der Waals surface area contributed by atoms with E-state index < -0.39 is 23.5 Å². The van der Waals surface area contributed by atoms with Crippen molar-refractivity contribution in [1.29, 1.82) is 10.5 Å². The van der Waals surface area contributed by atoms with E-state index >= 15 is 0 Å². The lowest BCUT2D eigenvalue weighted by Crippen LogP contribution is -2.06. The van der Waals surface area contributed by atoms with Gasteiger partial charge in [0.25, 0.3) is 0 Å². The molecule has 0 spiro atoms. The maximum Gasteiger partial charge on any atom is 0.416 e. The van der Waals surface area contributed by atoms with Crippen molar-refractivity contribution in [2.24, 2.45) is 0 Å². The van der Waals surface area contributed by atoms with Crippen molar-refractivity contribution in [1.82, 2.24) is 14.5 Å². The molecule has 0 N–H and O–H groups in total. The first-order valence-corrected chi connectivity index (χ1v) is 23.0. The monoisotopic (exact) mass is 963 g/mol. The molecular formula is C62H35F6N5. The van der Waals surface area contributed by atoms with E-state index in [0.717, 1.165) is 68.4 Å². The first kappa shape index (κ1) is 45.8. The lowest BCUT2D eigenvalue weighted by Gasteiger charge is -2.22. The molecule has 2 heterocycles. The summed E-state index contributed by atoms with van der Waals surface area (Å²) in [7, 11) is 0. The molecule has 0 aliphatic rings. The van der Waals surface area contributed by atoms with Gasteiger partial charge in [-0.1, -0.05) is 121 Å². The zero-order valence-corrected chi connectivity index (χ0v) is 38.2. The van der Waals surface area contributed by atoms with E-state index in [9.17, 15) is 36.9 Å². The molecule has 11 rings (SSSR count). The molecule has 0 unspecified atom stereocenters. The molecule has 2 aromatic heterocycles. The van der Waals surface area contributed by atoms with Gasteiger partial charge in [-0.3, -0.25) is 0 Å². The quantitative estimate of drug-likeness (QED) is 0.142. The number of hydrogen-bond donors (Lipinski definition) is 0. The molecule has 0 saturated carbocycles.